The Balaban J connectivity index is 2.02. The molecule has 2 aliphatic rings. The van der Waals surface area contributed by atoms with Gasteiger partial charge in [0.15, 0.2) is 9.84 Å². The van der Waals surface area contributed by atoms with Gasteiger partial charge in [0.25, 0.3) is 0 Å². The fourth-order valence-electron chi connectivity index (χ4n) is 2.62. The van der Waals surface area contributed by atoms with Crippen LogP contribution in [0, 0.1) is 5.92 Å². The lowest BCUT2D eigenvalue weighted by molar-refractivity contribution is -0.139. The largest absolute Gasteiger partial charge is 0.338 e. The number of hydrogen-bond acceptors (Lipinski definition) is 4. The Morgan fingerprint density at radius 3 is 2.44 bits per heavy atom. The number of rotatable bonds is 2. The maximum Gasteiger partial charge on any atom is 0.241 e. The first-order valence-electron chi connectivity index (χ1n) is 6.55. The van der Waals surface area contributed by atoms with Gasteiger partial charge in [-0.15, -0.1) is 0 Å². The number of likely N-dealkylation sites (tertiary alicyclic amines) is 1. The van der Waals surface area contributed by atoms with E-state index in [0.717, 1.165) is 6.42 Å². The van der Waals surface area contributed by atoms with Crippen LogP contribution in [0.2, 0.25) is 0 Å². The Hall–Kier alpha value is -0.620. The van der Waals surface area contributed by atoms with Crippen molar-refractivity contribution in [1.29, 1.82) is 0 Å². The lowest BCUT2D eigenvalue weighted by Crippen LogP contribution is -2.72. The Morgan fingerprint density at radius 2 is 1.94 bits per heavy atom. The molecule has 5 nitrogen and oxygen atoms in total. The third-order valence-electron chi connectivity index (χ3n) is 4.29. The standard InChI is InChI=1S/C12H22N2O3S/c1-9(2)12(13)7-14(8-12)11(15)10-5-3-4-6-18(10,16)17/h9-10H,3-8,13H2,1-2H3. The summed E-state index contributed by atoms with van der Waals surface area (Å²) in [6.07, 6.45) is 1.97. The topological polar surface area (TPSA) is 80.5 Å². The van der Waals surface area contributed by atoms with Crippen molar-refractivity contribution in [2.24, 2.45) is 11.7 Å². The molecular formula is C12H22N2O3S. The summed E-state index contributed by atoms with van der Waals surface area (Å²) < 4.78 is 23.8. The zero-order valence-electron chi connectivity index (χ0n) is 11.1. The monoisotopic (exact) mass is 274 g/mol. The van der Waals surface area contributed by atoms with Crippen LogP contribution in [0.1, 0.15) is 33.1 Å². The second kappa shape index (κ2) is 4.49. The third-order valence-corrected chi connectivity index (χ3v) is 6.45. The van der Waals surface area contributed by atoms with E-state index in [0.29, 0.717) is 31.8 Å². The number of amides is 1. The van der Waals surface area contributed by atoms with Gasteiger partial charge < -0.3 is 10.6 Å². The summed E-state index contributed by atoms with van der Waals surface area (Å²) >= 11 is 0. The van der Waals surface area contributed by atoms with Gasteiger partial charge in [-0.25, -0.2) is 8.42 Å². The smallest absolute Gasteiger partial charge is 0.241 e. The van der Waals surface area contributed by atoms with Gasteiger partial charge in [0, 0.05) is 13.1 Å². The molecule has 0 radical (unpaired) electrons. The zero-order chi connectivity index (χ0) is 13.6. The second-order valence-corrected chi connectivity index (χ2v) is 8.24. The molecule has 6 heteroatoms. The highest BCUT2D eigenvalue weighted by molar-refractivity contribution is 7.92. The van der Waals surface area contributed by atoms with Crippen LogP contribution in [0.3, 0.4) is 0 Å². The molecule has 1 unspecified atom stereocenters. The van der Waals surface area contributed by atoms with E-state index in [9.17, 15) is 13.2 Å². The molecule has 0 aromatic heterocycles. The molecule has 2 fully saturated rings. The minimum Gasteiger partial charge on any atom is -0.338 e. The molecule has 0 aliphatic carbocycles. The molecule has 2 rings (SSSR count). The molecule has 0 aromatic carbocycles. The van der Waals surface area contributed by atoms with Crippen LogP contribution in [0.5, 0.6) is 0 Å². The lowest BCUT2D eigenvalue weighted by Gasteiger charge is -2.51. The average molecular weight is 274 g/mol. The van der Waals surface area contributed by atoms with Gasteiger partial charge in [-0.1, -0.05) is 20.3 Å². The molecule has 0 spiro atoms. The lowest BCUT2D eigenvalue weighted by atomic mass is 9.80. The summed E-state index contributed by atoms with van der Waals surface area (Å²) in [7, 11) is -3.23. The molecule has 0 aromatic rings. The summed E-state index contributed by atoms with van der Waals surface area (Å²) in [6, 6.07) is 0. The summed E-state index contributed by atoms with van der Waals surface area (Å²) in [6.45, 7) is 5.02. The highest BCUT2D eigenvalue weighted by atomic mass is 32.2. The van der Waals surface area contributed by atoms with E-state index in [2.05, 4.69) is 0 Å². The summed E-state index contributed by atoms with van der Waals surface area (Å²) in [5.74, 6) is 0.204. The molecule has 104 valence electrons. The van der Waals surface area contributed by atoms with Crippen molar-refractivity contribution in [3.8, 4) is 0 Å². The Labute approximate surface area is 109 Å². The van der Waals surface area contributed by atoms with Crippen LogP contribution in [0.4, 0.5) is 0 Å². The fraction of sp³-hybridized carbons (Fsp3) is 0.917. The van der Waals surface area contributed by atoms with Gasteiger partial charge in [-0.2, -0.15) is 0 Å². The minimum atomic E-state index is -3.23. The van der Waals surface area contributed by atoms with Crippen molar-refractivity contribution >= 4 is 15.7 Å². The van der Waals surface area contributed by atoms with E-state index in [1.165, 1.54) is 0 Å². The summed E-state index contributed by atoms with van der Waals surface area (Å²) in [4.78, 5) is 13.8. The maximum absolute atomic E-state index is 12.2. The number of sulfone groups is 1. The van der Waals surface area contributed by atoms with Crippen LogP contribution in [0.15, 0.2) is 0 Å². The highest BCUT2D eigenvalue weighted by Crippen LogP contribution is 2.29. The van der Waals surface area contributed by atoms with Gasteiger partial charge >= 0.3 is 0 Å². The van der Waals surface area contributed by atoms with Crippen LogP contribution in [-0.4, -0.2) is 48.9 Å². The maximum atomic E-state index is 12.2. The number of carbonyl (C=O) groups excluding carboxylic acids is 1. The molecular weight excluding hydrogens is 252 g/mol. The predicted octanol–water partition coefficient (Wildman–Crippen LogP) is 0.149. The molecule has 18 heavy (non-hydrogen) atoms. The number of hydrogen-bond donors (Lipinski definition) is 1. The second-order valence-electron chi connectivity index (χ2n) is 5.93. The fourth-order valence-corrected chi connectivity index (χ4v) is 4.49. The van der Waals surface area contributed by atoms with E-state index in [4.69, 9.17) is 5.73 Å². The van der Waals surface area contributed by atoms with E-state index >= 15 is 0 Å². The first-order chi connectivity index (χ1) is 8.26. The number of nitrogens with two attached hydrogens (primary N) is 1. The molecule has 2 aliphatic heterocycles. The van der Waals surface area contributed by atoms with Gasteiger partial charge in [-0.05, 0) is 18.8 Å². The Kier molecular flexibility index (Phi) is 3.44. The van der Waals surface area contributed by atoms with Gasteiger partial charge in [0.05, 0.1) is 11.3 Å². The zero-order valence-corrected chi connectivity index (χ0v) is 11.9. The van der Waals surface area contributed by atoms with Crippen molar-refractivity contribution in [1.82, 2.24) is 4.90 Å². The Morgan fingerprint density at radius 1 is 1.33 bits per heavy atom. The van der Waals surface area contributed by atoms with Crippen LogP contribution >= 0.6 is 0 Å². The molecule has 2 heterocycles. The van der Waals surface area contributed by atoms with Crippen molar-refractivity contribution in [3.63, 3.8) is 0 Å². The van der Waals surface area contributed by atoms with Crippen LogP contribution in [0.25, 0.3) is 0 Å². The molecule has 2 N–H and O–H groups in total. The molecule has 1 atom stereocenters. The van der Waals surface area contributed by atoms with Crippen LogP contribution < -0.4 is 5.73 Å². The van der Waals surface area contributed by atoms with Crippen molar-refractivity contribution < 1.29 is 13.2 Å². The molecule has 0 saturated carbocycles. The van der Waals surface area contributed by atoms with Crippen molar-refractivity contribution in [3.05, 3.63) is 0 Å². The number of carbonyl (C=O) groups is 1. The van der Waals surface area contributed by atoms with Gasteiger partial charge in [0.1, 0.15) is 5.25 Å². The van der Waals surface area contributed by atoms with Crippen LogP contribution in [-0.2, 0) is 14.6 Å². The SMILES string of the molecule is CC(C)C1(N)CN(C(=O)C2CCCCS2(=O)=O)C1. The van der Waals surface area contributed by atoms with Gasteiger partial charge in [-0.3, -0.25) is 4.79 Å². The van der Waals surface area contributed by atoms with Gasteiger partial charge in [0.2, 0.25) is 5.91 Å². The predicted molar refractivity (Wildman–Crippen MR) is 69.8 cm³/mol. The van der Waals surface area contributed by atoms with E-state index in [1.807, 2.05) is 13.8 Å². The first kappa shape index (κ1) is 13.8. The van der Waals surface area contributed by atoms with E-state index < -0.39 is 15.1 Å². The summed E-state index contributed by atoms with van der Waals surface area (Å²) in [5, 5.41) is -0.817. The molecule has 2 saturated heterocycles. The molecule has 0 bridgehead atoms. The van der Waals surface area contributed by atoms with Crippen molar-refractivity contribution in [2.45, 2.75) is 43.9 Å². The quantitative estimate of drug-likeness (QED) is 0.777. The summed E-state index contributed by atoms with van der Waals surface area (Å²) in [5.41, 5.74) is 5.79. The van der Waals surface area contributed by atoms with E-state index in [-0.39, 0.29) is 17.2 Å². The Bertz CT molecular complexity index is 438. The normalized spacial score (nSPS) is 30.0. The third kappa shape index (κ3) is 2.28. The van der Waals surface area contributed by atoms with E-state index in [1.54, 1.807) is 4.90 Å². The average Bonchev–Trinajstić information content (AvgIpc) is 2.23. The highest BCUT2D eigenvalue weighted by Gasteiger charge is 2.48. The molecule has 1 amide bonds. The number of nitrogens with zero attached hydrogens (tertiary/aromatic N) is 1. The first-order valence-corrected chi connectivity index (χ1v) is 8.27. The minimum absolute atomic E-state index is 0.148. The van der Waals surface area contributed by atoms with Crippen molar-refractivity contribution in [2.75, 3.05) is 18.8 Å².